The summed E-state index contributed by atoms with van der Waals surface area (Å²) in [5, 5.41) is 16.8. The van der Waals surface area contributed by atoms with Crippen molar-refractivity contribution in [2.45, 2.75) is 60.5 Å². The molecule has 66 heavy (non-hydrogen) atoms. The van der Waals surface area contributed by atoms with Crippen molar-refractivity contribution >= 4 is 83.3 Å². The molecule has 5 N–H and O–H groups in total. The van der Waals surface area contributed by atoms with Crippen LogP contribution in [0.15, 0.2) is 77.8 Å². The zero-order chi connectivity index (χ0) is 46.6. The van der Waals surface area contributed by atoms with Crippen molar-refractivity contribution in [3.63, 3.8) is 0 Å². The third kappa shape index (κ3) is 9.30. The Bertz CT molecular complexity index is 2570. The molecule has 4 atom stereocenters. The minimum absolute atomic E-state index is 0.0312. The van der Waals surface area contributed by atoms with Crippen molar-refractivity contribution < 1.29 is 42.3 Å². The highest BCUT2D eigenvalue weighted by atomic mass is 35.5. The summed E-state index contributed by atoms with van der Waals surface area (Å²) in [4.78, 5) is 79.2. The van der Waals surface area contributed by atoms with E-state index in [2.05, 4.69) is 31.6 Å². The Morgan fingerprint density at radius 3 is 2.50 bits per heavy atom. The number of nitrogens with zero attached hydrogens (tertiary/aromatic N) is 4. The van der Waals surface area contributed by atoms with Crippen molar-refractivity contribution in [3.8, 4) is 5.75 Å². The van der Waals surface area contributed by atoms with Gasteiger partial charge in [0.25, 0.3) is 11.8 Å². The molecule has 3 fully saturated rings. The average molecular weight is 960 g/mol. The zero-order valence-electron chi connectivity index (χ0n) is 36.6. The number of amides is 5. The van der Waals surface area contributed by atoms with E-state index in [1.807, 2.05) is 29.2 Å². The molecule has 0 spiro atoms. The molecule has 21 heteroatoms. The Hall–Kier alpha value is -5.40. The normalized spacial score (nSPS) is 22.2. The highest BCUT2D eigenvalue weighted by molar-refractivity contribution is 7.99. The van der Waals surface area contributed by atoms with Crippen LogP contribution in [-0.4, -0.2) is 127 Å². The fourth-order valence-electron chi connectivity index (χ4n) is 9.34. The molecule has 5 amide bonds. The molecule has 4 unspecified atom stereocenters. The van der Waals surface area contributed by atoms with Crippen molar-refractivity contribution in [1.82, 2.24) is 35.7 Å². The number of piperidine rings is 2. The molecule has 0 radical (unpaired) electrons. The van der Waals surface area contributed by atoms with E-state index >= 15 is 0 Å². The first kappa shape index (κ1) is 47.1. The number of anilines is 3. The molecule has 1 aromatic heterocycles. The molecule has 3 aromatic carbocycles. The molecule has 5 heterocycles. The number of para-hydroxylation sites is 1. The van der Waals surface area contributed by atoms with Crippen LogP contribution >= 0.6 is 31.0 Å². The average Bonchev–Trinajstić information content (AvgIpc) is 3.60. The minimum atomic E-state index is -3.68. The first-order valence-corrected chi connectivity index (χ1v) is 24.5. The summed E-state index contributed by atoms with van der Waals surface area (Å²) < 4.78 is 29.6. The number of benzene rings is 3. The topological polar surface area (TPSA) is 223 Å². The van der Waals surface area contributed by atoms with Crippen LogP contribution in [0.2, 0.25) is 5.02 Å². The SMILES string of the molecule is COc1ccc(C2CNCCC2(Nc2ncc(Cl)c(Nc3ccccc3P(=O)(OC)OC)n2)C2CNCCN2C(=O)CCCSc2cccc3c2C(=O)N(C2CCC(=O)NC2=O)C3=O)cc1. The molecule has 4 aliphatic heterocycles. The fourth-order valence-corrected chi connectivity index (χ4v) is 11.7. The second-order valence-corrected chi connectivity index (χ2v) is 20.0. The van der Waals surface area contributed by atoms with Gasteiger partial charge in [0, 0.05) is 64.1 Å². The van der Waals surface area contributed by atoms with Gasteiger partial charge in [-0.2, -0.15) is 4.98 Å². The molecule has 4 aromatic rings. The van der Waals surface area contributed by atoms with Crippen LogP contribution in [0.4, 0.5) is 17.5 Å². The maximum Gasteiger partial charge on any atom is 0.362 e. The van der Waals surface area contributed by atoms with Crippen LogP contribution in [0, 0.1) is 0 Å². The van der Waals surface area contributed by atoms with E-state index in [9.17, 15) is 28.5 Å². The summed E-state index contributed by atoms with van der Waals surface area (Å²) in [5.74, 6) is -0.788. The summed E-state index contributed by atoms with van der Waals surface area (Å²) in [5.41, 5.74) is 1.04. The van der Waals surface area contributed by atoms with Gasteiger partial charge in [-0.25, -0.2) is 4.98 Å². The maximum atomic E-state index is 14.6. The Kier molecular flexibility index (Phi) is 14.4. The quantitative estimate of drug-likeness (QED) is 0.0445. The number of carbonyl (C=O) groups excluding carboxylic acids is 5. The van der Waals surface area contributed by atoms with E-state index in [4.69, 9.17) is 30.4 Å². The third-order valence-electron chi connectivity index (χ3n) is 12.6. The van der Waals surface area contributed by atoms with Crippen LogP contribution in [-0.2, 0) is 28.0 Å². The van der Waals surface area contributed by atoms with Gasteiger partial charge < -0.3 is 40.0 Å². The van der Waals surface area contributed by atoms with Gasteiger partial charge in [0.15, 0.2) is 5.82 Å². The number of carbonyl (C=O) groups is 5. The van der Waals surface area contributed by atoms with Crippen LogP contribution in [0.3, 0.4) is 0 Å². The Labute approximate surface area is 391 Å². The summed E-state index contributed by atoms with van der Waals surface area (Å²) in [6, 6.07) is 18.4. The van der Waals surface area contributed by atoms with Gasteiger partial charge in [0.1, 0.15) is 16.8 Å². The number of aromatic nitrogens is 2. The minimum Gasteiger partial charge on any atom is -0.497 e. The Morgan fingerprint density at radius 1 is 0.970 bits per heavy atom. The molecule has 0 aliphatic carbocycles. The van der Waals surface area contributed by atoms with E-state index in [0.29, 0.717) is 73.0 Å². The predicted molar refractivity (Wildman–Crippen MR) is 249 cm³/mol. The Balaban J connectivity index is 1.04. The second-order valence-electron chi connectivity index (χ2n) is 16.2. The fraction of sp³-hybridized carbons (Fsp3) is 0.400. The van der Waals surface area contributed by atoms with E-state index in [0.717, 1.165) is 10.5 Å². The number of ether oxygens (including phenoxy) is 1. The molecular weight excluding hydrogens is 909 g/mol. The predicted octanol–water partition coefficient (Wildman–Crippen LogP) is 4.70. The summed E-state index contributed by atoms with van der Waals surface area (Å²) in [6.45, 7) is 2.73. The summed E-state index contributed by atoms with van der Waals surface area (Å²) in [7, 11) is 0.572. The van der Waals surface area contributed by atoms with Crippen LogP contribution in [0.1, 0.15) is 64.3 Å². The number of nitrogens with one attached hydrogen (secondary N) is 5. The smallest absolute Gasteiger partial charge is 0.362 e. The van der Waals surface area contributed by atoms with E-state index in [1.54, 1.807) is 49.6 Å². The highest BCUT2D eigenvalue weighted by Crippen LogP contribution is 2.48. The summed E-state index contributed by atoms with van der Waals surface area (Å²) in [6.07, 6.45) is 2.86. The maximum absolute atomic E-state index is 14.6. The van der Waals surface area contributed by atoms with Gasteiger partial charge in [0.05, 0.1) is 47.0 Å². The van der Waals surface area contributed by atoms with Gasteiger partial charge in [0.2, 0.25) is 23.7 Å². The molecule has 3 saturated heterocycles. The Morgan fingerprint density at radius 2 is 1.74 bits per heavy atom. The standard InChI is InChI=1S/C45H51ClN9O9PS/c1-62-28-15-13-27(14-16-28)30-24-47-20-19-45(30,53-44-49-25-31(46)40(52-44)50-32-9-4-5-10-34(32)65(61,63-2)64-3)36-26-48-21-22-54(36)38(57)12-7-23-66-35-11-6-8-29-39(35)43(60)55(42(29)59)33-17-18-37(56)51-41(33)58/h4-6,8-11,13-16,25,30,33,36,47-48H,7,12,17-24,26H2,1-3H3,(H,51,56,58)(H2,49,50,52,53). The number of imide groups is 2. The number of rotatable bonds is 16. The lowest BCUT2D eigenvalue weighted by Crippen LogP contribution is -2.70. The third-order valence-corrected chi connectivity index (χ3v) is 16.0. The van der Waals surface area contributed by atoms with Crippen LogP contribution in [0.25, 0.3) is 0 Å². The number of halogens is 1. The van der Waals surface area contributed by atoms with Crippen LogP contribution < -0.4 is 36.6 Å². The lowest BCUT2D eigenvalue weighted by Gasteiger charge is -2.54. The zero-order valence-corrected chi connectivity index (χ0v) is 39.1. The second kappa shape index (κ2) is 20.2. The van der Waals surface area contributed by atoms with E-state index < -0.39 is 42.8 Å². The van der Waals surface area contributed by atoms with Gasteiger partial charge >= 0.3 is 7.60 Å². The van der Waals surface area contributed by atoms with Crippen molar-refractivity contribution in [2.75, 3.05) is 70.4 Å². The number of hydrogen-bond acceptors (Lipinski definition) is 16. The number of piperazine rings is 1. The number of methoxy groups -OCH3 is 1. The molecule has 348 valence electrons. The lowest BCUT2D eigenvalue weighted by atomic mass is 9.69. The number of hydrogen-bond donors (Lipinski definition) is 5. The van der Waals surface area contributed by atoms with Crippen molar-refractivity contribution in [1.29, 1.82) is 0 Å². The molecule has 0 bridgehead atoms. The molecular formula is C45H51ClN9O9PS. The van der Waals surface area contributed by atoms with Crippen LogP contribution in [0.5, 0.6) is 5.75 Å². The molecule has 18 nitrogen and oxygen atoms in total. The molecule has 8 rings (SSSR count). The van der Waals surface area contributed by atoms with Gasteiger partial charge in [-0.05, 0) is 73.5 Å². The monoisotopic (exact) mass is 959 g/mol. The van der Waals surface area contributed by atoms with E-state index in [1.165, 1.54) is 32.2 Å². The van der Waals surface area contributed by atoms with Gasteiger partial charge in [-0.15, -0.1) is 11.8 Å². The van der Waals surface area contributed by atoms with Crippen molar-refractivity contribution in [2.24, 2.45) is 0 Å². The van der Waals surface area contributed by atoms with E-state index in [-0.39, 0.29) is 65.0 Å². The highest BCUT2D eigenvalue weighted by Gasteiger charge is 2.52. The molecule has 4 aliphatic rings. The number of fused-ring (bicyclic) bond motifs is 1. The number of thioether (sulfide) groups is 1. The first-order chi connectivity index (χ1) is 31.9. The van der Waals surface area contributed by atoms with Gasteiger partial charge in [-0.3, -0.25) is 38.8 Å². The van der Waals surface area contributed by atoms with Gasteiger partial charge in [-0.1, -0.05) is 41.9 Å². The largest absolute Gasteiger partial charge is 0.497 e. The molecule has 0 saturated carbocycles. The van der Waals surface area contributed by atoms with Crippen molar-refractivity contribution in [3.05, 3.63) is 94.6 Å². The first-order valence-electron chi connectivity index (χ1n) is 21.6. The lowest BCUT2D eigenvalue weighted by molar-refractivity contribution is -0.137. The summed E-state index contributed by atoms with van der Waals surface area (Å²) >= 11 is 8.10.